The van der Waals surface area contributed by atoms with Crippen molar-refractivity contribution >= 4 is 17.5 Å². The molecular weight excluding hydrogens is 240 g/mol. The molecule has 1 saturated heterocycles. The molecule has 1 aromatic carbocycles. The first-order chi connectivity index (χ1) is 9.11. The highest BCUT2D eigenvalue weighted by atomic mass is 16.2. The van der Waals surface area contributed by atoms with Gasteiger partial charge in [0, 0.05) is 30.3 Å². The number of carbonyl (C=O) groups excluding carboxylic acids is 2. The Labute approximate surface area is 113 Å². The van der Waals surface area contributed by atoms with E-state index in [4.69, 9.17) is 0 Å². The highest BCUT2D eigenvalue weighted by Gasteiger charge is 2.22. The molecule has 19 heavy (non-hydrogen) atoms. The van der Waals surface area contributed by atoms with Gasteiger partial charge < -0.3 is 10.2 Å². The second-order valence-electron chi connectivity index (χ2n) is 4.98. The van der Waals surface area contributed by atoms with Crippen LogP contribution in [0.25, 0.3) is 0 Å². The molecule has 1 fully saturated rings. The Morgan fingerprint density at radius 1 is 1.47 bits per heavy atom. The lowest BCUT2D eigenvalue weighted by Crippen LogP contribution is -2.32. The maximum absolute atomic E-state index is 12.0. The van der Waals surface area contributed by atoms with Crippen molar-refractivity contribution in [2.75, 3.05) is 11.4 Å². The summed E-state index contributed by atoms with van der Waals surface area (Å²) in [5.41, 5.74) is 1.43. The highest BCUT2D eigenvalue weighted by Crippen LogP contribution is 2.22. The molecule has 1 aliphatic heterocycles. The monoisotopic (exact) mass is 260 g/mol. The first-order valence-corrected chi connectivity index (χ1v) is 6.83. The van der Waals surface area contributed by atoms with Gasteiger partial charge >= 0.3 is 0 Å². The summed E-state index contributed by atoms with van der Waals surface area (Å²) in [7, 11) is 0. The van der Waals surface area contributed by atoms with Crippen LogP contribution in [0.5, 0.6) is 0 Å². The Bertz CT molecular complexity index is 485. The molecule has 0 spiro atoms. The van der Waals surface area contributed by atoms with E-state index in [9.17, 15) is 9.59 Å². The van der Waals surface area contributed by atoms with Gasteiger partial charge in [-0.1, -0.05) is 13.0 Å². The fraction of sp³-hybridized carbons (Fsp3) is 0.467. The molecule has 1 N–H and O–H groups in total. The SMILES string of the molecule is CCC(C)NC(=O)c1cccc(N2CCCC2=O)c1. The lowest BCUT2D eigenvalue weighted by molar-refractivity contribution is -0.117. The number of hydrogen-bond donors (Lipinski definition) is 1. The van der Waals surface area contributed by atoms with Crippen molar-refractivity contribution in [3.05, 3.63) is 29.8 Å². The molecule has 0 bridgehead atoms. The smallest absolute Gasteiger partial charge is 0.251 e. The zero-order chi connectivity index (χ0) is 13.8. The van der Waals surface area contributed by atoms with Gasteiger partial charge in [-0.3, -0.25) is 9.59 Å². The van der Waals surface area contributed by atoms with Crippen LogP contribution >= 0.6 is 0 Å². The van der Waals surface area contributed by atoms with E-state index in [-0.39, 0.29) is 17.9 Å². The molecule has 4 nitrogen and oxygen atoms in total. The average molecular weight is 260 g/mol. The van der Waals surface area contributed by atoms with Crippen LogP contribution in [0.15, 0.2) is 24.3 Å². The van der Waals surface area contributed by atoms with Gasteiger partial charge in [0.1, 0.15) is 0 Å². The highest BCUT2D eigenvalue weighted by molar-refractivity contribution is 5.99. The summed E-state index contributed by atoms with van der Waals surface area (Å²) in [5.74, 6) is 0.0577. The summed E-state index contributed by atoms with van der Waals surface area (Å²) < 4.78 is 0. The molecule has 4 heteroatoms. The van der Waals surface area contributed by atoms with Crippen molar-refractivity contribution < 1.29 is 9.59 Å². The van der Waals surface area contributed by atoms with Crippen LogP contribution in [0.1, 0.15) is 43.5 Å². The summed E-state index contributed by atoms with van der Waals surface area (Å²) in [6, 6.07) is 7.43. The third-order valence-electron chi connectivity index (χ3n) is 3.48. The zero-order valence-corrected chi connectivity index (χ0v) is 11.5. The fourth-order valence-corrected chi connectivity index (χ4v) is 2.15. The Morgan fingerprint density at radius 2 is 2.26 bits per heavy atom. The second kappa shape index (κ2) is 5.87. The van der Waals surface area contributed by atoms with Crippen LogP contribution in [0, 0.1) is 0 Å². The number of carbonyl (C=O) groups is 2. The van der Waals surface area contributed by atoms with Gasteiger partial charge in [-0.25, -0.2) is 0 Å². The number of rotatable bonds is 4. The van der Waals surface area contributed by atoms with Crippen LogP contribution in [0.3, 0.4) is 0 Å². The van der Waals surface area contributed by atoms with Crippen LogP contribution in [0.4, 0.5) is 5.69 Å². The number of nitrogens with one attached hydrogen (secondary N) is 1. The average Bonchev–Trinajstić information content (AvgIpc) is 2.85. The minimum absolute atomic E-state index is 0.0807. The number of nitrogens with zero attached hydrogens (tertiary/aromatic N) is 1. The first-order valence-electron chi connectivity index (χ1n) is 6.83. The van der Waals surface area contributed by atoms with Crippen molar-refractivity contribution in [3.63, 3.8) is 0 Å². The molecular formula is C15H20N2O2. The van der Waals surface area contributed by atoms with Gasteiger partial charge in [-0.2, -0.15) is 0 Å². The van der Waals surface area contributed by atoms with E-state index in [1.165, 1.54) is 0 Å². The quantitative estimate of drug-likeness (QED) is 0.903. The van der Waals surface area contributed by atoms with Crippen molar-refractivity contribution in [1.82, 2.24) is 5.32 Å². The van der Waals surface area contributed by atoms with Crippen molar-refractivity contribution in [2.24, 2.45) is 0 Å². The standard InChI is InChI=1S/C15H20N2O2/c1-3-11(2)16-15(19)12-6-4-7-13(10-12)17-9-5-8-14(17)18/h4,6-7,10-11H,3,5,8-9H2,1-2H3,(H,16,19). The van der Waals surface area contributed by atoms with E-state index in [0.29, 0.717) is 12.0 Å². The lowest BCUT2D eigenvalue weighted by atomic mass is 10.1. The third kappa shape index (κ3) is 3.13. The number of benzene rings is 1. The first kappa shape index (κ1) is 13.6. The maximum Gasteiger partial charge on any atom is 0.251 e. The minimum Gasteiger partial charge on any atom is -0.350 e. The molecule has 0 aromatic heterocycles. The zero-order valence-electron chi connectivity index (χ0n) is 11.5. The molecule has 1 heterocycles. The van der Waals surface area contributed by atoms with Gasteiger partial charge in [-0.15, -0.1) is 0 Å². The van der Waals surface area contributed by atoms with E-state index in [1.54, 1.807) is 17.0 Å². The van der Waals surface area contributed by atoms with Crippen molar-refractivity contribution in [3.8, 4) is 0 Å². The van der Waals surface area contributed by atoms with Gasteiger partial charge in [0.2, 0.25) is 5.91 Å². The maximum atomic E-state index is 12.0. The van der Waals surface area contributed by atoms with E-state index < -0.39 is 0 Å². The number of amides is 2. The Hall–Kier alpha value is -1.84. The Balaban J connectivity index is 2.15. The van der Waals surface area contributed by atoms with Gasteiger partial charge in [0.15, 0.2) is 0 Å². The normalized spacial score (nSPS) is 16.5. The van der Waals surface area contributed by atoms with Gasteiger partial charge in [0.05, 0.1) is 0 Å². The molecule has 2 rings (SSSR count). The molecule has 0 radical (unpaired) electrons. The molecule has 0 aliphatic carbocycles. The predicted octanol–water partition coefficient (Wildman–Crippen LogP) is 2.34. The minimum atomic E-state index is -0.0807. The molecule has 2 amide bonds. The summed E-state index contributed by atoms with van der Waals surface area (Å²) in [4.78, 5) is 25.5. The fourth-order valence-electron chi connectivity index (χ4n) is 2.15. The van der Waals surface area contributed by atoms with Crippen LogP contribution < -0.4 is 10.2 Å². The molecule has 1 aromatic rings. The largest absolute Gasteiger partial charge is 0.350 e. The van der Waals surface area contributed by atoms with Gasteiger partial charge in [0.25, 0.3) is 5.91 Å². The topological polar surface area (TPSA) is 49.4 Å². The Kier molecular flexibility index (Phi) is 4.20. The Morgan fingerprint density at radius 3 is 2.89 bits per heavy atom. The molecule has 102 valence electrons. The van der Waals surface area contributed by atoms with E-state index in [0.717, 1.165) is 25.1 Å². The predicted molar refractivity (Wildman–Crippen MR) is 75.2 cm³/mol. The molecule has 1 aliphatic rings. The molecule has 1 atom stereocenters. The van der Waals surface area contributed by atoms with Crippen LogP contribution in [0.2, 0.25) is 0 Å². The molecule has 1 unspecified atom stereocenters. The number of hydrogen-bond acceptors (Lipinski definition) is 2. The summed E-state index contributed by atoms with van der Waals surface area (Å²) in [5, 5.41) is 2.93. The van der Waals surface area contributed by atoms with Crippen molar-refractivity contribution in [2.45, 2.75) is 39.2 Å². The number of anilines is 1. The van der Waals surface area contributed by atoms with Crippen LogP contribution in [-0.4, -0.2) is 24.4 Å². The van der Waals surface area contributed by atoms with Gasteiger partial charge in [-0.05, 0) is 38.0 Å². The van der Waals surface area contributed by atoms with Crippen LogP contribution in [-0.2, 0) is 4.79 Å². The van der Waals surface area contributed by atoms with E-state index >= 15 is 0 Å². The summed E-state index contributed by atoms with van der Waals surface area (Å²) in [6.45, 7) is 4.76. The third-order valence-corrected chi connectivity index (χ3v) is 3.48. The van der Waals surface area contributed by atoms with E-state index in [2.05, 4.69) is 5.32 Å². The molecule has 0 saturated carbocycles. The summed E-state index contributed by atoms with van der Waals surface area (Å²) in [6.07, 6.45) is 2.39. The van der Waals surface area contributed by atoms with E-state index in [1.807, 2.05) is 26.0 Å². The second-order valence-corrected chi connectivity index (χ2v) is 4.98. The summed E-state index contributed by atoms with van der Waals surface area (Å²) >= 11 is 0. The lowest BCUT2D eigenvalue weighted by Gasteiger charge is -2.17. The van der Waals surface area contributed by atoms with Crippen molar-refractivity contribution in [1.29, 1.82) is 0 Å².